The van der Waals surface area contributed by atoms with Gasteiger partial charge in [-0.1, -0.05) is 6.07 Å². The Hall–Kier alpha value is -1.04. The summed E-state index contributed by atoms with van der Waals surface area (Å²) in [6, 6.07) is 7.46. The molecule has 0 spiro atoms. The minimum atomic E-state index is -0.560. The van der Waals surface area contributed by atoms with Crippen molar-refractivity contribution >= 4 is 27.3 Å². The number of thiophene rings is 1. The Kier molecular flexibility index (Phi) is 4.85. The van der Waals surface area contributed by atoms with Crippen LogP contribution in [0, 0.1) is 0 Å². The molecule has 0 aliphatic carbocycles. The second-order valence-electron chi connectivity index (χ2n) is 4.03. The lowest BCUT2D eigenvalue weighted by Gasteiger charge is -2.14. The predicted molar refractivity (Wildman–Crippen MR) is 80.2 cm³/mol. The average molecular weight is 343 g/mol. The molecular weight excluding hydrogens is 328 g/mol. The third-order valence-corrected chi connectivity index (χ3v) is 4.81. The number of rotatable bonds is 5. The van der Waals surface area contributed by atoms with Gasteiger partial charge in [0.15, 0.2) is 11.5 Å². The topological polar surface area (TPSA) is 38.7 Å². The minimum absolute atomic E-state index is 0.560. The van der Waals surface area contributed by atoms with Gasteiger partial charge in [-0.25, -0.2) is 0 Å². The van der Waals surface area contributed by atoms with Crippen molar-refractivity contribution in [3.05, 3.63) is 44.6 Å². The Labute approximate surface area is 124 Å². The molecule has 0 bridgehead atoms. The van der Waals surface area contributed by atoms with Gasteiger partial charge >= 0.3 is 0 Å². The van der Waals surface area contributed by atoms with Crippen molar-refractivity contribution in [3.63, 3.8) is 0 Å². The molecule has 0 saturated heterocycles. The van der Waals surface area contributed by atoms with E-state index < -0.39 is 6.10 Å². The number of hydrogen-bond acceptors (Lipinski definition) is 4. The van der Waals surface area contributed by atoms with E-state index in [0.717, 1.165) is 14.9 Å². The molecule has 1 unspecified atom stereocenters. The summed E-state index contributed by atoms with van der Waals surface area (Å²) in [7, 11) is 3.18. The van der Waals surface area contributed by atoms with Crippen LogP contribution in [0.5, 0.6) is 11.5 Å². The highest BCUT2D eigenvalue weighted by molar-refractivity contribution is 9.10. The van der Waals surface area contributed by atoms with E-state index in [0.29, 0.717) is 17.9 Å². The molecule has 5 heteroatoms. The molecule has 1 aromatic heterocycles. The summed E-state index contributed by atoms with van der Waals surface area (Å²) in [5.74, 6) is 1.29. The Morgan fingerprint density at radius 2 is 1.95 bits per heavy atom. The van der Waals surface area contributed by atoms with Crippen molar-refractivity contribution in [1.82, 2.24) is 0 Å². The highest BCUT2D eigenvalue weighted by Gasteiger charge is 2.14. The van der Waals surface area contributed by atoms with Crippen LogP contribution in [0.25, 0.3) is 0 Å². The van der Waals surface area contributed by atoms with E-state index in [4.69, 9.17) is 9.47 Å². The highest BCUT2D eigenvalue weighted by atomic mass is 79.9. The van der Waals surface area contributed by atoms with Crippen LogP contribution < -0.4 is 9.47 Å². The summed E-state index contributed by atoms with van der Waals surface area (Å²) in [4.78, 5) is 1.13. The third-order valence-electron chi connectivity index (χ3n) is 2.86. The fourth-order valence-corrected chi connectivity index (χ4v) is 3.38. The zero-order valence-electron chi connectivity index (χ0n) is 10.7. The van der Waals surface area contributed by atoms with Crippen LogP contribution in [-0.2, 0) is 6.42 Å². The summed E-state index contributed by atoms with van der Waals surface area (Å²) >= 11 is 5.10. The minimum Gasteiger partial charge on any atom is -0.493 e. The number of hydrogen-bond donors (Lipinski definition) is 1. The first-order valence-electron chi connectivity index (χ1n) is 5.77. The lowest BCUT2D eigenvalue weighted by Crippen LogP contribution is -2.02. The summed E-state index contributed by atoms with van der Waals surface area (Å²) in [6.07, 6.45) is 0.0167. The second kappa shape index (κ2) is 6.41. The second-order valence-corrected chi connectivity index (χ2v) is 5.88. The number of methoxy groups -OCH3 is 2. The Balaban J connectivity index is 2.19. The summed E-state index contributed by atoms with van der Waals surface area (Å²) < 4.78 is 11.5. The predicted octanol–water partition coefficient (Wildman–Crippen LogP) is 3.80. The van der Waals surface area contributed by atoms with E-state index in [9.17, 15) is 5.11 Å². The van der Waals surface area contributed by atoms with Gasteiger partial charge in [0.2, 0.25) is 0 Å². The molecule has 0 radical (unpaired) electrons. The fourth-order valence-electron chi connectivity index (χ4n) is 1.82. The van der Waals surface area contributed by atoms with Gasteiger partial charge in [0, 0.05) is 15.8 Å². The highest BCUT2D eigenvalue weighted by Crippen LogP contribution is 2.33. The van der Waals surface area contributed by atoms with Crippen molar-refractivity contribution in [2.45, 2.75) is 12.5 Å². The lowest BCUT2D eigenvalue weighted by atomic mass is 10.1. The van der Waals surface area contributed by atoms with E-state index >= 15 is 0 Å². The molecule has 1 atom stereocenters. The fraction of sp³-hybridized carbons (Fsp3) is 0.286. The first-order chi connectivity index (χ1) is 9.15. The number of halogens is 1. The van der Waals surface area contributed by atoms with Crippen LogP contribution in [0.15, 0.2) is 34.1 Å². The lowest BCUT2D eigenvalue weighted by molar-refractivity contribution is 0.178. The Morgan fingerprint density at radius 3 is 2.53 bits per heavy atom. The first-order valence-corrected chi connectivity index (χ1v) is 7.44. The maximum atomic E-state index is 10.3. The van der Waals surface area contributed by atoms with Crippen LogP contribution in [0.1, 0.15) is 16.5 Å². The largest absolute Gasteiger partial charge is 0.493 e. The number of benzene rings is 1. The first kappa shape index (κ1) is 14.4. The molecule has 3 nitrogen and oxygen atoms in total. The van der Waals surface area contributed by atoms with Crippen LogP contribution in [0.2, 0.25) is 0 Å². The van der Waals surface area contributed by atoms with E-state index in [1.807, 2.05) is 23.6 Å². The maximum absolute atomic E-state index is 10.3. The molecular formula is C14H15BrO3S. The Bertz CT molecular complexity index is 553. The van der Waals surface area contributed by atoms with Gasteiger partial charge < -0.3 is 14.6 Å². The van der Waals surface area contributed by atoms with Crippen molar-refractivity contribution in [1.29, 1.82) is 0 Å². The van der Waals surface area contributed by atoms with Crippen molar-refractivity contribution in [2.24, 2.45) is 0 Å². The summed E-state index contributed by atoms with van der Waals surface area (Å²) in [5.41, 5.74) is 0.818. The number of ether oxygens (including phenoxy) is 2. The smallest absolute Gasteiger partial charge is 0.161 e. The normalized spacial score (nSPS) is 12.2. The van der Waals surface area contributed by atoms with Gasteiger partial charge in [-0.3, -0.25) is 0 Å². The van der Waals surface area contributed by atoms with Crippen LogP contribution in [0.4, 0.5) is 0 Å². The van der Waals surface area contributed by atoms with Gasteiger partial charge in [-0.05, 0) is 45.1 Å². The van der Waals surface area contributed by atoms with E-state index in [1.54, 1.807) is 31.6 Å². The molecule has 1 aromatic carbocycles. The average Bonchev–Trinajstić information content (AvgIpc) is 2.83. The Morgan fingerprint density at radius 1 is 1.21 bits per heavy atom. The molecule has 102 valence electrons. The number of aliphatic hydroxyl groups is 1. The molecule has 0 saturated carbocycles. The molecule has 2 rings (SSSR count). The zero-order chi connectivity index (χ0) is 13.8. The molecule has 2 aromatic rings. The van der Waals surface area contributed by atoms with Gasteiger partial charge in [0.25, 0.3) is 0 Å². The van der Waals surface area contributed by atoms with Crippen molar-refractivity contribution in [2.75, 3.05) is 14.2 Å². The molecule has 1 N–H and O–H groups in total. The van der Waals surface area contributed by atoms with Gasteiger partial charge in [-0.15, -0.1) is 11.3 Å². The molecule has 0 fully saturated rings. The molecule has 0 aliphatic rings. The van der Waals surface area contributed by atoms with Gasteiger partial charge in [-0.2, -0.15) is 0 Å². The van der Waals surface area contributed by atoms with Gasteiger partial charge in [0.1, 0.15) is 0 Å². The van der Waals surface area contributed by atoms with Crippen LogP contribution in [-0.4, -0.2) is 19.3 Å². The molecule has 0 amide bonds. The SMILES string of the molecule is COc1ccc(C(O)Cc2sccc2Br)cc1OC. The van der Waals surface area contributed by atoms with E-state index in [1.165, 1.54) is 0 Å². The van der Waals surface area contributed by atoms with Crippen LogP contribution >= 0.6 is 27.3 Å². The van der Waals surface area contributed by atoms with Crippen molar-refractivity contribution in [3.8, 4) is 11.5 Å². The van der Waals surface area contributed by atoms with Crippen LogP contribution in [0.3, 0.4) is 0 Å². The summed E-state index contributed by atoms with van der Waals surface area (Å²) in [6.45, 7) is 0. The van der Waals surface area contributed by atoms with Gasteiger partial charge in [0.05, 0.1) is 20.3 Å². The maximum Gasteiger partial charge on any atom is 0.161 e. The zero-order valence-corrected chi connectivity index (χ0v) is 13.1. The summed E-state index contributed by atoms with van der Waals surface area (Å²) in [5, 5.41) is 12.3. The third kappa shape index (κ3) is 3.29. The standard InChI is InChI=1S/C14H15BrO3S/c1-17-12-4-3-9(7-13(12)18-2)11(16)8-14-10(15)5-6-19-14/h3-7,11,16H,8H2,1-2H3. The van der Waals surface area contributed by atoms with E-state index in [2.05, 4.69) is 15.9 Å². The molecule has 1 heterocycles. The molecule has 19 heavy (non-hydrogen) atoms. The quantitative estimate of drug-likeness (QED) is 0.897. The molecule has 0 aliphatic heterocycles. The van der Waals surface area contributed by atoms with Crippen molar-refractivity contribution < 1.29 is 14.6 Å². The number of aliphatic hydroxyl groups excluding tert-OH is 1. The monoisotopic (exact) mass is 342 g/mol. The van der Waals surface area contributed by atoms with E-state index in [-0.39, 0.29) is 0 Å².